The molecule has 2 rings (SSSR count). The number of hydrogen-bond donors (Lipinski definition) is 0. The zero-order valence-electron chi connectivity index (χ0n) is 11.8. The Kier molecular flexibility index (Phi) is 5.19. The molecule has 0 radical (unpaired) electrons. The van der Waals surface area contributed by atoms with Crippen LogP contribution in [0.4, 0.5) is 5.69 Å². The van der Waals surface area contributed by atoms with Gasteiger partial charge in [-0.05, 0) is 12.8 Å². The smallest absolute Gasteiger partial charge is 0.287 e. The fourth-order valence-electron chi connectivity index (χ4n) is 2.46. The Morgan fingerprint density at radius 3 is 2.71 bits per heavy atom. The molecule has 1 fully saturated rings. The van der Waals surface area contributed by atoms with Gasteiger partial charge in [0.05, 0.1) is 23.8 Å². The zero-order chi connectivity index (χ0) is 15.4. The molecule has 0 atom stereocenters. The van der Waals surface area contributed by atoms with Gasteiger partial charge in [-0.2, -0.15) is 0 Å². The van der Waals surface area contributed by atoms with Gasteiger partial charge in [-0.1, -0.05) is 0 Å². The molecule has 21 heavy (non-hydrogen) atoms. The highest BCUT2D eigenvalue weighted by Crippen LogP contribution is 2.20. The van der Waals surface area contributed by atoms with E-state index >= 15 is 0 Å². The molecule has 2 heterocycles. The highest BCUT2D eigenvalue weighted by atomic mass is 35.5. The minimum absolute atomic E-state index is 0.0684. The van der Waals surface area contributed by atoms with Crippen molar-refractivity contribution in [2.75, 3.05) is 25.6 Å². The lowest BCUT2D eigenvalue weighted by Gasteiger charge is -2.31. The van der Waals surface area contributed by atoms with Crippen LogP contribution >= 0.6 is 11.6 Å². The van der Waals surface area contributed by atoms with Crippen LogP contribution in [0.25, 0.3) is 0 Å². The number of aryl methyl sites for hydroxylation is 1. The molecule has 0 aromatic carbocycles. The molecule has 0 spiro atoms. The van der Waals surface area contributed by atoms with Crippen molar-refractivity contribution in [3.05, 3.63) is 28.1 Å². The maximum atomic E-state index is 12.4. The molecule has 0 bridgehead atoms. The van der Waals surface area contributed by atoms with Crippen LogP contribution in [0.15, 0.2) is 12.3 Å². The minimum Gasteiger partial charge on any atom is -0.377 e. The summed E-state index contributed by atoms with van der Waals surface area (Å²) < 4.78 is 7.06. The molecule has 1 amide bonds. The van der Waals surface area contributed by atoms with Crippen molar-refractivity contribution in [3.63, 3.8) is 0 Å². The van der Waals surface area contributed by atoms with Gasteiger partial charge in [-0.25, -0.2) is 0 Å². The number of nitrogens with zero attached hydrogens (tertiary/aromatic N) is 3. The highest BCUT2D eigenvalue weighted by molar-refractivity contribution is 6.17. The number of halogens is 1. The van der Waals surface area contributed by atoms with Crippen LogP contribution < -0.4 is 0 Å². The van der Waals surface area contributed by atoms with E-state index in [-0.39, 0.29) is 17.7 Å². The lowest BCUT2D eigenvalue weighted by molar-refractivity contribution is -0.384. The quantitative estimate of drug-likeness (QED) is 0.471. The minimum atomic E-state index is -0.497. The number of carbonyl (C=O) groups excluding carboxylic acids is 1. The molecule has 0 N–H and O–H groups in total. The standard InChI is InChI=1S/C13H18ClN3O4/c1-15-9-10(17(19)20)8-12(15)13(18)16-5-2-11(3-6-16)21-7-4-14/h8-9,11H,2-7H2,1H3. The molecular formula is C13H18ClN3O4. The van der Waals surface area contributed by atoms with Crippen LogP contribution in [0.1, 0.15) is 23.3 Å². The summed E-state index contributed by atoms with van der Waals surface area (Å²) in [7, 11) is 1.64. The first-order valence-corrected chi connectivity index (χ1v) is 7.34. The largest absolute Gasteiger partial charge is 0.377 e. The van der Waals surface area contributed by atoms with Gasteiger partial charge in [0.25, 0.3) is 11.6 Å². The zero-order valence-corrected chi connectivity index (χ0v) is 12.6. The van der Waals surface area contributed by atoms with E-state index in [1.165, 1.54) is 16.8 Å². The third-order valence-corrected chi connectivity index (χ3v) is 3.73. The van der Waals surface area contributed by atoms with E-state index in [2.05, 4.69) is 0 Å². The third kappa shape index (κ3) is 3.74. The Morgan fingerprint density at radius 2 is 2.19 bits per heavy atom. The van der Waals surface area contributed by atoms with E-state index in [9.17, 15) is 14.9 Å². The van der Waals surface area contributed by atoms with Gasteiger partial charge in [0.2, 0.25) is 0 Å². The van der Waals surface area contributed by atoms with Crippen LogP contribution in [0.3, 0.4) is 0 Å². The number of likely N-dealkylation sites (tertiary alicyclic amines) is 1. The highest BCUT2D eigenvalue weighted by Gasteiger charge is 2.27. The maximum Gasteiger partial charge on any atom is 0.287 e. The van der Waals surface area contributed by atoms with Crippen molar-refractivity contribution in [2.24, 2.45) is 7.05 Å². The first-order chi connectivity index (χ1) is 10.0. The monoisotopic (exact) mass is 315 g/mol. The van der Waals surface area contributed by atoms with E-state index in [0.29, 0.717) is 31.3 Å². The van der Waals surface area contributed by atoms with E-state index < -0.39 is 4.92 Å². The molecule has 1 aliphatic rings. The maximum absolute atomic E-state index is 12.4. The fraction of sp³-hybridized carbons (Fsp3) is 0.615. The van der Waals surface area contributed by atoms with Gasteiger partial charge < -0.3 is 14.2 Å². The number of nitro groups is 1. The number of piperidine rings is 1. The van der Waals surface area contributed by atoms with E-state index in [4.69, 9.17) is 16.3 Å². The summed E-state index contributed by atoms with van der Waals surface area (Å²) in [6, 6.07) is 1.32. The summed E-state index contributed by atoms with van der Waals surface area (Å²) in [5.74, 6) is 0.285. The van der Waals surface area contributed by atoms with Gasteiger partial charge in [0.15, 0.2) is 0 Å². The van der Waals surface area contributed by atoms with E-state index in [1.54, 1.807) is 11.9 Å². The van der Waals surface area contributed by atoms with Crippen LogP contribution in [-0.2, 0) is 11.8 Å². The number of rotatable bonds is 5. The van der Waals surface area contributed by atoms with Gasteiger partial charge in [-0.3, -0.25) is 14.9 Å². The second kappa shape index (κ2) is 6.91. The van der Waals surface area contributed by atoms with Crippen LogP contribution in [0.2, 0.25) is 0 Å². The van der Waals surface area contributed by atoms with Crippen molar-refractivity contribution in [1.29, 1.82) is 0 Å². The van der Waals surface area contributed by atoms with Crippen molar-refractivity contribution in [3.8, 4) is 0 Å². The molecule has 0 aliphatic carbocycles. The Balaban J connectivity index is 1.97. The van der Waals surface area contributed by atoms with Gasteiger partial charge in [-0.15, -0.1) is 11.6 Å². The second-order valence-corrected chi connectivity index (χ2v) is 5.38. The van der Waals surface area contributed by atoms with Gasteiger partial charge in [0.1, 0.15) is 5.69 Å². The van der Waals surface area contributed by atoms with Crippen molar-refractivity contribution < 1.29 is 14.5 Å². The number of ether oxygens (including phenoxy) is 1. The summed E-state index contributed by atoms with van der Waals surface area (Å²) in [4.78, 5) is 24.4. The molecule has 116 valence electrons. The van der Waals surface area contributed by atoms with Crippen molar-refractivity contribution in [1.82, 2.24) is 9.47 Å². The van der Waals surface area contributed by atoms with Crippen LogP contribution in [0.5, 0.6) is 0 Å². The Labute approximate surface area is 127 Å². The van der Waals surface area contributed by atoms with Crippen molar-refractivity contribution in [2.45, 2.75) is 18.9 Å². The second-order valence-electron chi connectivity index (χ2n) is 5.00. The van der Waals surface area contributed by atoms with Crippen molar-refractivity contribution >= 4 is 23.2 Å². The number of hydrogen-bond acceptors (Lipinski definition) is 4. The third-order valence-electron chi connectivity index (χ3n) is 3.58. The Hall–Kier alpha value is -1.60. The predicted octanol–water partition coefficient (Wildman–Crippen LogP) is 1.79. The first-order valence-electron chi connectivity index (χ1n) is 6.80. The molecular weight excluding hydrogens is 298 g/mol. The SMILES string of the molecule is Cn1cc([N+](=O)[O-])cc1C(=O)N1CCC(OCCCl)CC1. The van der Waals surface area contributed by atoms with Crippen LogP contribution in [0, 0.1) is 10.1 Å². The van der Waals surface area contributed by atoms with Gasteiger partial charge in [0, 0.05) is 32.1 Å². The molecule has 0 unspecified atom stereocenters. The molecule has 1 aliphatic heterocycles. The predicted molar refractivity (Wildman–Crippen MR) is 77.7 cm³/mol. The average Bonchev–Trinajstić information content (AvgIpc) is 2.87. The molecule has 7 nitrogen and oxygen atoms in total. The molecule has 1 aromatic rings. The Morgan fingerprint density at radius 1 is 1.52 bits per heavy atom. The summed E-state index contributed by atoms with van der Waals surface area (Å²) in [5.41, 5.74) is 0.267. The first kappa shape index (κ1) is 15.8. The summed E-state index contributed by atoms with van der Waals surface area (Å²) in [6.07, 6.45) is 3.00. The topological polar surface area (TPSA) is 77.6 Å². The average molecular weight is 316 g/mol. The molecule has 1 saturated heterocycles. The number of alkyl halides is 1. The molecule has 0 saturated carbocycles. The summed E-state index contributed by atoms with van der Waals surface area (Å²) in [6.45, 7) is 1.69. The lowest BCUT2D eigenvalue weighted by atomic mass is 10.1. The van der Waals surface area contributed by atoms with Gasteiger partial charge >= 0.3 is 0 Å². The molecule has 8 heteroatoms. The van der Waals surface area contributed by atoms with E-state index in [1.807, 2.05) is 0 Å². The normalized spacial score (nSPS) is 16.2. The lowest BCUT2D eigenvalue weighted by Crippen LogP contribution is -2.41. The number of carbonyl (C=O) groups is 1. The number of amides is 1. The molecule has 1 aromatic heterocycles. The summed E-state index contributed by atoms with van der Waals surface area (Å²) in [5, 5.41) is 10.7. The van der Waals surface area contributed by atoms with E-state index in [0.717, 1.165) is 12.8 Å². The number of aromatic nitrogens is 1. The summed E-state index contributed by atoms with van der Waals surface area (Å²) >= 11 is 5.58. The fourth-order valence-corrected chi connectivity index (χ4v) is 2.55. The Bertz CT molecular complexity index is 523. The van der Waals surface area contributed by atoms with Crippen LogP contribution in [-0.4, -0.2) is 52.0 Å².